The number of phenolic OH excluding ortho intramolecular Hbond substituents is 1. The highest BCUT2D eigenvalue weighted by atomic mass is 16.5. The van der Waals surface area contributed by atoms with Crippen LogP contribution in [0.25, 0.3) is 65.8 Å². The number of methoxy groups -OCH3 is 3. The number of likely N-dealkylation sites (N-methyl/N-ethyl adjacent to an activating group) is 5. The first kappa shape index (κ1) is 106. The molecule has 6 aromatic heterocycles. The molecule has 6 aromatic carbocycles. The lowest BCUT2D eigenvalue weighted by Gasteiger charge is -2.37. The van der Waals surface area contributed by atoms with Gasteiger partial charge in [0.15, 0.2) is 11.5 Å². The number of aryl methyl sites for hydroxylation is 2. The Morgan fingerprint density at radius 2 is 0.745 bits per heavy atom. The lowest BCUT2D eigenvalue weighted by Crippen LogP contribution is -2.44. The van der Waals surface area contributed by atoms with Crippen molar-refractivity contribution in [3.63, 3.8) is 0 Å². The van der Waals surface area contributed by atoms with Crippen LogP contribution < -0.4 is 105 Å². The van der Waals surface area contributed by atoms with Gasteiger partial charge < -0.3 is 108 Å². The maximum atomic E-state index is 12.5. The number of carboxylic acids is 1. The predicted octanol–water partition coefficient (Wildman–Crippen LogP) is 8.74. The van der Waals surface area contributed by atoms with Gasteiger partial charge >= 0.3 is 39.7 Å². The Balaban J connectivity index is 0.000000185. The highest BCUT2D eigenvalue weighted by Gasteiger charge is 2.30. The molecule has 0 spiro atoms. The zero-order valence-corrected chi connectivity index (χ0v) is 79.7. The van der Waals surface area contributed by atoms with Gasteiger partial charge in [-0.2, -0.15) is 0 Å². The summed E-state index contributed by atoms with van der Waals surface area (Å²) in [7, 11) is 12.9. The van der Waals surface area contributed by atoms with Crippen LogP contribution in [-0.4, -0.2) is 208 Å². The van der Waals surface area contributed by atoms with E-state index < -0.39 is 81.6 Å². The van der Waals surface area contributed by atoms with E-state index in [1.165, 1.54) is 96.5 Å². The summed E-state index contributed by atoms with van der Waals surface area (Å²) < 4.78 is 47.2. The standard InChI is InChI=1S/C21H25N3O4.C19H25N3O4.C16H19NO5.C15H16N2O5.C15H17NO4.C14H15NO4/c1-12(25)17(22-2)11-23-20(26)16-10-14-9-13-5-3-7-24-8-4-6-15(18(13)24)19(14)28-21(16)27;1-5-22(6-2)14-8-7-13-9-15(19(25)26-17(13)10-14)18(24)21-11-16(20-4)12(3)23;1-9(18)12(17-2)6-11-5-10-7-14(20-3)15(21-4)8-13(10)22-16(11)19;1-8(18)12(16-2)7-17-14(20)11-5-9-3-4-10(19)6-13(9)22-15(11)21;1-9(17)13(16-2)7-11-6-10-4-5-12(19-3)8-14(10)20-15(11)18;1-3-15(4-2)10-6-5-9-7-11(13(16)17)14(18)19-12(9)8-10/h9-10,17,22H,3-8,11H2,1-2H3,(H,23,26);7-10,16,20H,5-6,11H2,1-4H3,(H,21,24);5,7-8,12,17H,6H2,1-4H3;3-6,12,16,19H,7H2,1-2H3,(H,17,20);4-6,8,13,16H,7H2,1-3H3;5-8H,3-4H2,1-2H3,(H,16,17)/t17-;16-;2*12-;13-;/m00000./s1. The number of nitrogens with one attached hydrogen (secondary N) is 8. The summed E-state index contributed by atoms with van der Waals surface area (Å²) in [6.45, 7) is 21.2. The van der Waals surface area contributed by atoms with Gasteiger partial charge in [0.2, 0.25) is 0 Å². The van der Waals surface area contributed by atoms with Crippen molar-refractivity contribution >= 4 is 135 Å². The van der Waals surface area contributed by atoms with E-state index in [0.717, 1.165) is 92.7 Å². The molecule has 12 aromatic rings. The van der Waals surface area contributed by atoms with Gasteiger partial charge in [0, 0.05) is 168 Å². The molecule has 3 amide bonds. The van der Waals surface area contributed by atoms with Gasteiger partial charge in [-0.25, -0.2) is 33.6 Å². The maximum Gasteiger partial charge on any atom is 0.351 e. The highest BCUT2D eigenvalue weighted by molar-refractivity contribution is 6.01. The van der Waals surface area contributed by atoms with Crippen LogP contribution >= 0.6 is 0 Å². The van der Waals surface area contributed by atoms with Crippen LogP contribution in [0.1, 0.15) is 139 Å². The monoisotopic (exact) mass is 1890 g/mol. The summed E-state index contributed by atoms with van der Waals surface area (Å²) in [5.41, 5.74) is 4.48. The van der Waals surface area contributed by atoms with Crippen LogP contribution in [0.2, 0.25) is 0 Å². The van der Waals surface area contributed by atoms with E-state index >= 15 is 0 Å². The lowest BCUT2D eigenvalue weighted by molar-refractivity contribution is -0.119. The van der Waals surface area contributed by atoms with Crippen molar-refractivity contribution < 1.29 is 94.1 Å². The summed E-state index contributed by atoms with van der Waals surface area (Å²) in [5, 5.41) is 44.3. The van der Waals surface area contributed by atoms with Crippen LogP contribution in [0.15, 0.2) is 183 Å². The third-order valence-electron chi connectivity index (χ3n) is 23.4. The Kier molecular flexibility index (Phi) is 38.2. The molecule has 0 saturated heterocycles. The number of Topliss-reactive ketones (excluding diaryl/α,β-unsaturated/α-hetero) is 5. The Bertz CT molecular complexity index is 6840. The molecule has 10 N–H and O–H groups in total. The van der Waals surface area contributed by atoms with Gasteiger partial charge in [0.05, 0.1) is 51.5 Å². The minimum Gasteiger partial charge on any atom is -0.508 e. The molecule has 0 radical (unpaired) electrons. The lowest BCUT2D eigenvalue weighted by atomic mass is 9.90. The third-order valence-corrected chi connectivity index (χ3v) is 23.4. The van der Waals surface area contributed by atoms with Crippen molar-refractivity contribution in [1.82, 2.24) is 42.5 Å². The number of fused-ring (bicyclic) bond motifs is 7. The van der Waals surface area contributed by atoms with Crippen molar-refractivity contribution in [3.8, 4) is 23.0 Å². The minimum atomic E-state index is -1.27. The minimum absolute atomic E-state index is 0.0123. The topological polar surface area (TPSA) is 509 Å². The van der Waals surface area contributed by atoms with E-state index in [9.17, 15) is 77.0 Å². The first-order valence-electron chi connectivity index (χ1n) is 44.5. The molecular formula is C100H117N11O26. The number of carbonyl (C=O) groups excluding carboxylic acids is 8. The van der Waals surface area contributed by atoms with E-state index in [2.05, 4.69) is 77.1 Å². The van der Waals surface area contributed by atoms with Crippen LogP contribution in [0.4, 0.5) is 17.1 Å². The molecule has 0 aliphatic carbocycles. The van der Waals surface area contributed by atoms with E-state index in [1.807, 2.05) is 38.1 Å². The van der Waals surface area contributed by atoms with Crippen molar-refractivity contribution in [3.05, 3.63) is 234 Å². The highest BCUT2D eigenvalue weighted by Crippen LogP contribution is 2.40. The number of carboxylic acid groups (broad SMARTS) is 1. The molecule has 37 heteroatoms. The number of amides is 3. The predicted molar refractivity (Wildman–Crippen MR) is 521 cm³/mol. The van der Waals surface area contributed by atoms with Crippen molar-refractivity contribution in [2.45, 2.75) is 131 Å². The average molecular weight is 1890 g/mol. The Morgan fingerprint density at radius 3 is 1.16 bits per heavy atom. The smallest absolute Gasteiger partial charge is 0.351 e. The Hall–Kier alpha value is -14.8. The van der Waals surface area contributed by atoms with Crippen molar-refractivity contribution in [2.75, 3.05) is 130 Å². The summed E-state index contributed by atoms with van der Waals surface area (Å²) >= 11 is 0. The van der Waals surface area contributed by atoms with Crippen LogP contribution in [-0.2, 0) is 49.7 Å². The van der Waals surface area contributed by atoms with Gasteiger partial charge in [-0.3, -0.25) is 38.4 Å². The summed E-state index contributed by atoms with van der Waals surface area (Å²) in [4.78, 5) is 184. The molecule has 37 nitrogen and oxygen atoms in total. The van der Waals surface area contributed by atoms with Crippen molar-refractivity contribution in [1.29, 1.82) is 0 Å². The molecule has 0 bridgehead atoms. The number of hydrogen-bond donors (Lipinski definition) is 10. The molecular weight excluding hydrogens is 1770 g/mol. The number of rotatable bonds is 33. The fraction of sp³-hybridized carbons (Fsp3) is 0.370. The molecule has 14 rings (SSSR count). The molecule has 137 heavy (non-hydrogen) atoms. The van der Waals surface area contributed by atoms with Crippen LogP contribution in [0, 0.1) is 0 Å². The number of phenols is 1. The van der Waals surface area contributed by atoms with E-state index in [4.69, 9.17) is 45.8 Å². The maximum absolute atomic E-state index is 12.5. The number of hydrogen-bond acceptors (Lipinski definition) is 33. The number of aromatic hydroxyl groups is 1. The molecule has 5 atom stereocenters. The number of ketones is 5. The Labute approximate surface area is 786 Å². The van der Waals surface area contributed by atoms with Gasteiger partial charge in [-0.05, 0) is 226 Å². The number of anilines is 3. The van der Waals surface area contributed by atoms with Crippen LogP contribution in [0.5, 0.6) is 23.0 Å². The second-order valence-electron chi connectivity index (χ2n) is 32.1. The molecule has 728 valence electrons. The molecule has 0 saturated carbocycles. The molecule has 0 unspecified atom stereocenters. The number of ether oxygens (including phenoxy) is 3. The fourth-order valence-electron chi connectivity index (χ4n) is 15.5. The van der Waals surface area contributed by atoms with Gasteiger partial charge in [0.1, 0.15) is 96.2 Å². The first-order chi connectivity index (χ1) is 65.4. The number of benzene rings is 6. The zero-order valence-electron chi connectivity index (χ0n) is 79.7. The SMILES string of the molecule is CCN(CC)c1ccc2cc(C(=O)NC[C@H](NC)C(C)=O)c(=O)oc2c1.CCN(CC)c1ccc2cc(C(=O)O)c(=O)oc2c1.CN[C@@H](CNC(=O)c1cc2cc3c4c(c2oc1=O)CCCN4CCC3)C(C)=O.CN[C@@H](CNC(=O)c1cc2ccc(O)cc2oc1=O)C(C)=O.CN[C@@H](Cc1cc2cc(OC)c(OC)cc2oc1=O)C(C)=O.CN[C@@H](Cc1cc2ccc(OC)cc2oc1=O)C(C)=O. The van der Waals surface area contributed by atoms with Crippen molar-refractivity contribution in [2.24, 2.45) is 0 Å². The number of aromatic carboxylic acids is 1. The normalized spacial score (nSPS) is 12.8. The first-order valence-corrected chi connectivity index (χ1v) is 44.5. The molecule has 2 aliphatic heterocycles. The summed E-state index contributed by atoms with van der Waals surface area (Å²) in [6.07, 6.45) is 4.62. The van der Waals surface area contributed by atoms with Gasteiger partial charge in [-0.1, -0.05) is 0 Å². The zero-order chi connectivity index (χ0) is 100. The largest absolute Gasteiger partial charge is 0.508 e. The second-order valence-corrected chi connectivity index (χ2v) is 32.1. The number of carbonyl (C=O) groups is 9. The van der Waals surface area contributed by atoms with Crippen LogP contribution in [0.3, 0.4) is 0 Å². The molecule has 2 aliphatic rings. The summed E-state index contributed by atoms with van der Waals surface area (Å²) in [6, 6.07) is 33.0. The quantitative estimate of drug-likeness (QED) is 0.0172. The third kappa shape index (κ3) is 27.1. The summed E-state index contributed by atoms with van der Waals surface area (Å²) in [5.74, 6) is -1.69. The fourth-order valence-corrected chi connectivity index (χ4v) is 15.5. The van der Waals surface area contributed by atoms with Gasteiger partial charge in [-0.15, -0.1) is 0 Å². The second kappa shape index (κ2) is 49.4. The Morgan fingerprint density at radius 1 is 0.387 bits per heavy atom. The molecule has 0 fully saturated rings. The van der Waals surface area contributed by atoms with E-state index in [1.54, 1.807) is 103 Å². The molecule has 8 heterocycles. The number of nitrogens with zero attached hydrogens (tertiary/aromatic N) is 3. The van der Waals surface area contributed by atoms with E-state index in [0.29, 0.717) is 84.3 Å². The van der Waals surface area contributed by atoms with E-state index in [-0.39, 0.29) is 94.6 Å². The average Bonchev–Trinajstić information content (AvgIpc) is 0.743. The van der Waals surface area contributed by atoms with Gasteiger partial charge in [0.25, 0.3) is 17.7 Å².